The van der Waals surface area contributed by atoms with Crippen molar-refractivity contribution in [3.05, 3.63) is 53.6 Å². The maximum atomic E-state index is 5.82. The zero-order chi connectivity index (χ0) is 11.4. The fourth-order valence-corrected chi connectivity index (χ4v) is 2.81. The highest BCUT2D eigenvalue weighted by Gasteiger charge is 2.18. The lowest BCUT2D eigenvalue weighted by atomic mass is 9.97. The number of fused-ring (bicyclic) bond motifs is 2. The minimum Gasteiger partial charge on any atom is -0.488 e. The van der Waals surface area contributed by atoms with Crippen LogP contribution in [0.25, 0.3) is 21.5 Å². The van der Waals surface area contributed by atoms with E-state index in [4.69, 9.17) is 4.74 Å². The summed E-state index contributed by atoms with van der Waals surface area (Å²) in [5, 5.41) is 5.24. The Morgan fingerprint density at radius 3 is 2.82 bits per heavy atom. The molecule has 0 amide bonds. The highest BCUT2D eigenvalue weighted by atomic mass is 16.5. The molecule has 0 radical (unpaired) electrons. The van der Waals surface area contributed by atoms with Crippen LogP contribution in [-0.2, 0) is 6.61 Å². The van der Waals surface area contributed by atoms with E-state index in [-0.39, 0.29) is 0 Å². The Bertz CT molecular complexity index is 756. The van der Waals surface area contributed by atoms with E-state index in [2.05, 4.69) is 49.4 Å². The van der Waals surface area contributed by atoms with Gasteiger partial charge in [-0.3, -0.25) is 0 Å². The largest absolute Gasteiger partial charge is 0.488 e. The van der Waals surface area contributed by atoms with Crippen molar-refractivity contribution in [2.45, 2.75) is 13.5 Å². The molecule has 0 bridgehead atoms. The highest BCUT2D eigenvalue weighted by molar-refractivity contribution is 6.11. The summed E-state index contributed by atoms with van der Waals surface area (Å²) in [7, 11) is 0. The first-order valence-corrected chi connectivity index (χ1v) is 5.91. The second-order valence-corrected chi connectivity index (χ2v) is 4.68. The van der Waals surface area contributed by atoms with E-state index in [1.165, 1.54) is 32.7 Å². The summed E-state index contributed by atoms with van der Waals surface area (Å²) in [6.45, 7) is 2.82. The molecule has 0 N–H and O–H groups in total. The summed E-state index contributed by atoms with van der Waals surface area (Å²) in [5.41, 5.74) is 2.55. The van der Waals surface area contributed by atoms with Gasteiger partial charge in [-0.2, -0.15) is 0 Å². The molecule has 0 atom stereocenters. The first-order chi connectivity index (χ1) is 8.34. The number of hydrogen-bond donors (Lipinski definition) is 0. The van der Waals surface area contributed by atoms with E-state index in [0.29, 0.717) is 6.61 Å². The average Bonchev–Trinajstić information content (AvgIpc) is 2.78. The Kier molecular flexibility index (Phi) is 1.60. The molecule has 1 nitrogen and oxygen atoms in total. The van der Waals surface area contributed by atoms with Gasteiger partial charge in [-0.15, -0.1) is 0 Å². The lowest BCUT2D eigenvalue weighted by Crippen LogP contribution is -1.85. The Balaban J connectivity index is 2.33. The second kappa shape index (κ2) is 3.01. The van der Waals surface area contributed by atoms with Gasteiger partial charge >= 0.3 is 0 Å². The standard InChI is InChI=1S/C16H12O/c1-10-6-7-14-13-5-3-2-4-11(13)8-12-9-17-16(10)15(12)14/h2-8H,9H2,1H3. The van der Waals surface area contributed by atoms with Gasteiger partial charge in [0.2, 0.25) is 0 Å². The molecule has 1 heterocycles. The van der Waals surface area contributed by atoms with Crippen LogP contribution in [0.5, 0.6) is 5.75 Å². The van der Waals surface area contributed by atoms with Crippen LogP contribution in [0.2, 0.25) is 0 Å². The molecular formula is C16H12O. The van der Waals surface area contributed by atoms with Gasteiger partial charge in [0.05, 0.1) is 0 Å². The number of rotatable bonds is 0. The van der Waals surface area contributed by atoms with E-state index in [1.54, 1.807) is 0 Å². The van der Waals surface area contributed by atoms with E-state index in [1.807, 2.05) is 0 Å². The van der Waals surface area contributed by atoms with E-state index < -0.39 is 0 Å². The summed E-state index contributed by atoms with van der Waals surface area (Å²) in [6, 6.07) is 15.2. The van der Waals surface area contributed by atoms with Crippen LogP contribution < -0.4 is 4.74 Å². The topological polar surface area (TPSA) is 9.23 Å². The van der Waals surface area contributed by atoms with Crippen molar-refractivity contribution >= 4 is 21.5 Å². The Labute approximate surface area is 99.6 Å². The fraction of sp³-hybridized carbons (Fsp3) is 0.125. The molecule has 0 saturated heterocycles. The van der Waals surface area contributed by atoms with Crippen molar-refractivity contribution in [1.82, 2.24) is 0 Å². The van der Waals surface area contributed by atoms with Crippen molar-refractivity contribution in [2.24, 2.45) is 0 Å². The van der Waals surface area contributed by atoms with Crippen LogP contribution in [-0.4, -0.2) is 0 Å². The van der Waals surface area contributed by atoms with Gasteiger partial charge in [-0.1, -0.05) is 36.4 Å². The molecular weight excluding hydrogens is 208 g/mol. The Morgan fingerprint density at radius 2 is 1.88 bits per heavy atom. The van der Waals surface area contributed by atoms with Gasteiger partial charge < -0.3 is 4.74 Å². The molecule has 0 unspecified atom stereocenters. The predicted molar refractivity (Wildman–Crippen MR) is 70.5 cm³/mol. The van der Waals surface area contributed by atoms with Gasteiger partial charge in [0.15, 0.2) is 0 Å². The minimum absolute atomic E-state index is 0.710. The maximum absolute atomic E-state index is 5.82. The Hall–Kier alpha value is -2.02. The van der Waals surface area contributed by atoms with E-state index >= 15 is 0 Å². The molecule has 0 aliphatic carbocycles. The van der Waals surface area contributed by atoms with Crippen LogP contribution in [0.4, 0.5) is 0 Å². The summed E-state index contributed by atoms with van der Waals surface area (Å²) in [6.07, 6.45) is 0. The van der Waals surface area contributed by atoms with E-state index in [9.17, 15) is 0 Å². The molecule has 0 spiro atoms. The van der Waals surface area contributed by atoms with Crippen LogP contribution in [0.1, 0.15) is 11.1 Å². The van der Waals surface area contributed by atoms with Crippen LogP contribution >= 0.6 is 0 Å². The van der Waals surface area contributed by atoms with Crippen molar-refractivity contribution in [3.63, 3.8) is 0 Å². The van der Waals surface area contributed by atoms with Gasteiger partial charge in [0, 0.05) is 10.9 Å². The van der Waals surface area contributed by atoms with Crippen LogP contribution in [0.15, 0.2) is 42.5 Å². The highest BCUT2D eigenvalue weighted by Crippen LogP contribution is 2.41. The molecule has 0 fully saturated rings. The van der Waals surface area contributed by atoms with Crippen molar-refractivity contribution in [1.29, 1.82) is 0 Å². The van der Waals surface area contributed by atoms with Gasteiger partial charge in [-0.05, 0) is 34.7 Å². The molecule has 4 rings (SSSR count). The maximum Gasteiger partial charge on any atom is 0.130 e. The summed E-state index contributed by atoms with van der Waals surface area (Å²) in [5.74, 6) is 1.07. The predicted octanol–water partition coefficient (Wildman–Crippen LogP) is 4.19. The number of benzene rings is 3. The van der Waals surface area contributed by atoms with Crippen molar-refractivity contribution < 1.29 is 4.74 Å². The number of ether oxygens (including phenoxy) is 1. The van der Waals surface area contributed by atoms with Crippen LogP contribution in [0.3, 0.4) is 0 Å². The smallest absolute Gasteiger partial charge is 0.130 e. The lowest BCUT2D eigenvalue weighted by Gasteiger charge is -2.06. The van der Waals surface area contributed by atoms with Crippen molar-refractivity contribution in [2.75, 3.05) is 0 Å². The molecule has 82 valence electrons. The quantitative estimate of drug-likeness (QED) is 0.516. The first-order valence-electron chi connectivity index (χ1n) is 5.91. The number of aryl methyl sites for hydroxylation is 1. The summed E-state index contributed by atoms with van der Waals surface area (Å²) in [4.78, 5) is 0. The van der Waals surface area contributed by atoms with Crippen LogP contribution in [0, 0.1) is 6.92 Å². The molecule has 3 aromatic carbocycles. The molecule has 17 heavy (non-hydrogen) atoms. The molecule has 3 aromatic rings. The Morgan fingerprint density at radius 1 is 1.00 bits per heavy atom. The van der Waals surface area contributed by atoms with E-state index in [0.717, 1.165) is 5.75 Å². The van der Waals surface area contributed by atoms with Crippen molar-refractivity contribution in [3.8, 4) is 5.75 Å². The number of hydrogen-bond acceptors (Lipinski definition) is 1. The second-order valence-electron chi connectivity index (χ2n) is 4.68. The van der Waals surface area contributed by atoms with Gasteiger partial charge in [-0.25, -0.2) is 0 Å². The van der Waals surface area contributed by atoms with Gasteiger partial charge in [0.25, 0.3) is 0 Å². The fourth-order valence-electron chi connectivity index (χ4n) is 2.81. The molecule has 1 aliphatic rings. The SMILES string of the molecule is Cc1ccc2c3c(cc4ccccc42)COc13. The normalized spacial score (nSPS) is 13.2. The molecule has 1 heteroatoms. The molecule has 0 saturated carbocycles. The summed E-state index contributed by atoms with van der Waals surface area (Å²) < 4.78 is 5.82. The van der Waals surface area contributed by atoms with Gasteiger partial charge in [0.1, 0.15) is 12.4 Å². The average molecular weight is 220 g/mol. The monoisotopic (exact) mass is 220 g/mol. The molecule has 0 aromatic heterocycles. The lowest BCUT2D eigenvalue weighted by molar-refractivity contribution is 0.325. The zero-order valence-electron chi connectivity index (χ0n) is 9.66. The zero-order valence-corrected chi connectivity index (χ0v) is 9.66. The first kappa shape index (κ1) is 9.06. The third-order valence-corrected chi connectivity index (χ3v) is 3.63. The minimum atomic E-state index is 0.710. The molecule has 1 aliphatic heterocycles. The third-order valence-electron chi connectivity index (χ3n) is 3.63. The summed E-state index contributed by atoms with van der Waals surface area (Å²) >= 11 is 0. The third kappa shape index (κ3) is 1.09.